The molecule has 0 atom stereocenters. The van der Waals surface area contributed by atoms with Gasteiger partial charge in [-0.15, -0.1) is 0 Å². The van der Waals surface area contributed by atoms with E-state index in [-0.39, 0.29) is 0 Å². The number of aromatic nitrogens is 1. The van der Waals surface area contributed by atoms with Gasteiger partial charge in [0.15, 0.2) is 0 Å². The number of para-hydroxylation sites is 1. The third-order valence-corrected chi connectivity index (χ3v) is 9.92. The van der Waals surface area contributed by atoms with E-state index < -0.39 is 10.0 Å². The molecular weight excluding hydrogens is 536 g/mol. The summed E-state index contributed by atoms with van der Waals surface area (Å²) in [5.41, 5.74) is 3.40. The number of aryl methyl sites for hydroxylation is 1. The van der Waals surface area contributed by atoms with Crippen LogP contribution in [-0.4, -0.2) is 13.4 Å². The SMILES string of the molecule is CCCCCCCCCc1cc2ccccc2c(S(=O)(=O)Nc2cccc3cccnc23)c1CCCCCCCCC. The first-order valence-corrected chi connectivity index (χ1v) is 17.9. The normalized spacial score (nSPS) is 11.9. The van der Waals surface area contributed by atoms with E-state index in [1.165, 1.54) is 76.2 Å². The zero-order valence-corrected chi connectivity index (χ0v) is 26.7. The van der Waals surface area contributed by atoms with Crippen LogP contribution in [0.4, 0.5) is 5.69 Å². The maximum Gasteiger partial charge on any atom is 0.262 e. The molecule has 0 aliphatic rings. The van der Waals surface area contributed by atoms with Crippen LogP contribution in [0.3, 0.4) is 0 Å². The van der Waals surface area contributed by atoms with Crippen LogP contribution in [-0.2, 0) is 22.9 Å². The second kappa shape index (κ2) is 16.6. The molecule has 0 aliphatic carbocycles. The first kappa shape index (κ1) is 32.0. The number of rotatable bonds is 19. The van der Waals surface area contributed by atoms with Gasteiger partial charge in [0.25, 0.3) is 10.0 Å². The molecule has 3 aromatic carbocycles. The molecule has 0 fully saturated rings. The Labute approximate surface area is 254 Å². The largest absolute Gasteiger partial charge is 0.277 e. The molecule has 4 rings (SSSR count). The third-order valence-electron chi connectivity index (χ3n) is 8.42. The van der Waals surface area contributed by atoms with E-state index in [4.69, 9.17) is 0 Å². The summed E-state index contributed by atoms with van der Waals surface area (Å²) in [7, 11) is -3.87. The second-order valence-corrected chi connectivity index (χ2v) is 13.4. The number of anilines is 1. The Morgan fingerprint density at radius 1 is 0.643 bits per heavy atom. The van der Waals surface area contributed by atoms with Crippen molar-refractivity contribution in [3.8, 4) is 0 Å². The molecule has 1 aromatic heterocycles. The fourth-order valence-corrected chi connectivity index (χ4v) is 7.72. The number of pyridine rings is 1. The van der Waals surface area contributed by atoms with E-state index in [0.29, 0.717) is 16.1 Å². The maximum atomic E-state index is 14.4. The molecule has 5 heteroatoms. The summed E-state index contributed by atoms with van der Waals surface area (Å²) < 4.78 is 31.7. The maximum absolute atomic E-state index is 14.4. The fourth-order valence-electron chi connectivity index (χ4n) is 6.13. The van der Waals surface area contributed by atoms with E-state index in [9.17, 15) is 8.42 Å². The molecule has 1 N–H and O–H groups in total. The number of unbranched alkanes of at least 4 members (excludes halogenated alkanes) is 12. The van der Waals surface area contributed by atoms with Gasteiger partial charge in [0.1, 0.15) is 0 Å². The van der Waals surface area contributed by atoms with Gasteiger partial charge < -0.3 is 0 Å². The zero-order chi connectivity index (χ0) is 29.6. The summed E-state index contributed by atoms with van der Waals surface area (Å²) in [4.78, 5) is 4.96. The van der Waals surface area contributed by atoms with Crippen molar-refractivity contribution in [1.82, 2.24) is 4.98 Å². The fraction of sp³-hybridized carbons (Fsp3) is 0.486. The van der Waals surface area contributed by atoms with Gasteiger partial charge in [-0.1, -0.05) is 139 Å². The Balaban J connectivity index is 1.66. The van der Waals surface area contributed by atoms with Gasteiger partial charge in [0, 0.05) is 17.0 Å². The van der Waals surface area contributed by atoms with Gasteiger partial charge in [-0.05, 0) is 54.3 Å². The number of benzene rings is 3. The molecule has 0 saturated heterocycles. The Bertz CT molecular complexity index is 1510. The first-order valence-electron chi connectivity index (χ1n) is 16.4. The Morgan fingerprint density at radius 2 is 1.24 bits per heavy atom. The second-order valence-electron chi connectivity index (χ2n) is 11.8. The minimum Gasteiger partial charge on any atom is -0.277 e. The van der Waals surface area contributed by atoms with Crippen molar-refractivity contribution in [3.05, 3.63) is 78.0 Å². The van der Waals surface area contributed by atoms with Crippen LogP contribution < -0.4 is 4.72 Å². The van der Waals surface area contributed by atoms with Crippen LogP contribution >= 0.6 is 0 Å². The lowest BCUT2D eigenvalue weighted by Gasteiger charge is -2.20. The molecule has 226 valence electrons. The highest BCUT2D eigenvalue weighted by atomic mass is 32.2. The number of nitrogens with one attached hydrogen (secondary N) is 1. The summed E-state index contributed by atoms with van der Waals surface area (Å²) in [6.07, 6.45) is 20.6. The Hall–Kier alpha value is -2.92. The average molecular weight is 587 g/mol. The highest BCUT2D eigenvalue weighted by molar-refractivity contribution is 7.93. The number of hydrogen-bond donors (Lipinski definition) is 1. The highest BCUT2D eigenvalue weighted by Crippen LogP contribution is 2.34. The van der Waals surface area contributed by atoms with Crippen molar-refractivity contribution >= 4 is 37.4 Å². The summed E-state index contributed by atoms with van der Waals surface area (Å²) in [6, 6.07) is 19.8. The number of nitrogens with zero attached hydrogens (tertiary/aromatic N) is 1. The summed E-state index contributed by atoms with van der Waals surface area (Å²) in [5.74, 6) is 0. The van der Waals surface area contributed by atoms with Gasteiger partial charge in [-0.25, -0.2) is 8.42 Å². The molecule has 0 spiro atoms. The van der Waals surface area contributed by atoms with Gasteiger partial charge in [-0.3, -0.25) is 9.71 Å². The van der Waals surface area contributed by atoms with Crippen LogP contribution in [0.1, 0.15) is 115 Å². The number of fused-ring (bicyclic) bond motifs is 2. The predicted octanol–water partition coefficient (Wildman–Crippen LogP) is 10.8. The van der Waals surface area contributed by atoms with E-state index in [1.807, 2.05) is 48.5 Å². The highest BCUT2D eigenvalue weighted by Gasteiger charge is 2.25. The monoisotopic (exact) mass is 586 g/mol. The lowest BCUT2D eigenvalue weighted by atomic mass is 9.93. The van der Waals surface area contributed by atoms with Crippen molar-refractivity contribution in [1.29, 1.82) is 0 Å². The van der Waals surface area contributed by atoms with Gasteiger partial charge in [0.05, 0.1) is 16.1 Å². The smallest absolute Gasteiger partial charge is 0.262 e. The Kier molecular flexibility index (Phi) is 12.7. The van der Waals surface area contributed by atoms with E-state index in [1.54, 1.807) is 6.20 Å². The molecule has 0 bridgehead atoms. The van der Waals surface area contributed by atoms with Gasteiger partial charge >= 0.3 is 0 Å². The molecule has 0 unspecified atom stereocenters. The molecule has 0 radical (unpaired) electrons. The van der Waals surface area contributed by atoms with Gasteiger partial charge in [-0.2, -0.15) is 0 Å². The summed E-state index contributed by atoms with van der Waals surface area (Å²) >= 11 is 0. The van der Waals surface area contributed by atoms with E-state index in [2.05, 4.69) is 35.7 Å². The standard InChI is InChI=1S/C37H50N2O2S/c1-3-5-7-9-11-13-15-21-31-29-32-22-17-18-26-34(32)37(33(31)25-16-14-12-10-8-6-4-2)42(40,41)39-35-27-19-23-30-24-20-28-38-36(30)35/h17-20,22-24,26-29,39H,3-16,21,25H2,1-2H3. The van der Waals surface area contributed by atoms with Crippen molar-refractivity contribution in [2.24, 2.45) is 0 Å². The minimum atomic E-state index is -3.87. The molecule has 1 heterocycles. The summed E-state index contributed by atoms with van der Waals surface area (Å²) in [6.45, 7) is 4.50. The molecule has 4 aromatic rings. The summed E-state index contributed by atoms with van der Waals surface area (Å²) in [5, 5.41) is 2.72. The van der Waals surface area contributed by atoms with Crippen LogP contribution in [0, 0.1) is 0 Å². The molecule has 4 nitrogen and oxygen atoms in total. The van der Waals surface area contributed by atoms with E-state index >= 15 is 0 Å². The molecule has 0 aliphatic heterocycles. The average Bonchev–Trinajstić information content (AvgIpc) is 3.00. The topological polar surface area (TPSA) is 59.1 Å². The van der Waals surface area contributed by atoms with Crippen molar-refractivity contribution in [3.63, 3.8) is 0 Å². The minimum absolute atomic E-state index is 0.456. The molecule has 42 heavy (non-hydrogen) atoms. The molecule has 0 amide bonds. The van der Waals surface area contributed by atoms with Crippen molar-refractivity contribution < 1.29 is 8.42 Å². The first-order chi connectivity index (χ1) is 20.5. The van der Waals surface area contributed by atoms with Crippen LogP contribution in [0.25, 0.3) is 21.7 Å². The van der Waals surface area contributed by atoms with Gasteiger partial charge in [0.2, 0.25) is 0 Å². The molecule has 0 saturated carbocycles. The zero-order valence-electron chi connectivity index (χ0n) is 25.8. The quantitative estimate of drug-likeness (QED) is 0.111. The van der Waals surface area contributed by atoms with Crippen LogP contribution in [0.2, 0.25) is 0 Å². The van der Waals surface area contributed by atoms with Crippen molar-refractivity contribution in [2.45, 2.75) is 121 Å². The number of sulfonamides is 1. The lowest BCUT2D eigenvalue weighted by Crippen LogP contribution is -2.17. The van der Waals surface area contributed by atoms with Crippen LogP contribution in [0.5, 0.6) is 0 Å². The van der Waals surface area contributed by atoms with Crippen LogP contribution in [0.15, 0.2) is 71.8 Å². The molecular formula is C37H50N2O2S. The predicted molar refractivity (Wildman–Crippen MR) is 180 cm³/mol. The Morgan fingerprint density at radius 3 is 1.95 bits per heavy atom. The van der Waals surface area contributed by atoms with Crippen molar-refractivity contribution in [2.75, 3.05) is 4.72 Å². The van der Waals surface area contributed by atoms with E-state index in [0.717, 1.165) is 53.8 Å². The third kappa shape index (κ3) is 8.80. The number of hydrogen-bond acceptors (Lipinski definition) is 3. The lowest BCUT2D eigenvalue weighted by molar-refractivity contribution is 0.579.